The summed E-state index contributed by atoms with van der Waals surface area (Å²) in [5.74, 6) is 0. The van der Waals surface area contributed by atoms with Gasteiger partial charge in [-0.2, -0.15) is 0 Å². The van der Waals surface area contributed by atoms with Gasteiger partial charge in [-0.05, 0) is 52.6 Å². The molecule has 2 heterocycles. The highest BCUT2D eigenvalue weighted by atomic mass is 15.2. The first-order chi connectivity index (χ1) is 7.77. The molecule has 2 aliphatic rings. The maximum atomic E-state index is 2.70. The van der Waals surface area contributed by atoms with Gasteiger partial charge in [-0.1, -0.05) is 12.8 Å². The van der Waals surface area contributed by atoms with Crippen molar-refractivity contribution >= 4 is 0 Å². The van der Waals surface area contributed by atoms with E-state index in [4.69, 9.17) is 0 Å². The van der Waals surface area contributed by atoms with Crippen LogP contribution in [0.2, 0.25) is 0 Å². The van der Waals surface area contributed by atoms with E-state index < -0.39 is 0 Å². The highest BCUT2D eigenvalue weighted by Gasteiger charge is 2.21. The predicted molar refractivity (Wildman–Crippen MR) is 69.8 cm³/mol. The van der Waals surface area contributed by atoms with E-state index in [9.17, 15) is 0 Å². The molecule has 2 fully saturated rings. The zero-order valence-corrected chi connectivity index (χ0v) is 11.1. The third-order valence-corrected chi connectivity index (χ3v) is 4.56. The summed E-state index contributed by atoms with van der Waals surface area (Å²) in [7, 11) is 0. The third kappa shape index (κ3) is 3.21. The molecule has 2 rings (SSSR count). The summed E-state index contributed by atoms with van der Waals surface area (Å²) in [6.45, 7) is 10.1. The number of likely N-dealkylation sites (tertiary alicyclic amines) is 2. The first kappa shape index (κ1) is 12.4. The van der Waals surface area contributed by atoms with Crippen molar-refractivity contribution in [2.24, 2.45) is 0 Å². The van der Waals surface area contributed by atoms with Gasteiger partial charge in [-0.3, -0.25) is 9.80 Å². The highest BCUT2D eigenvalue weighted by molar-refractivity contribution is 4.77. The molecule has 0 bridgehead atoms. The summed E-state index contributed by atoms with van der Waals surface area (Å²) < 4.78 is 0. The second-order valence-corrected chi connectivity index (χ2v) is 5.76. The number of rotatable bonds is 3. The van der Waals surface area contributed by atoms with Gasteiger partial charge in [0.25, 0.3) is 0 Å². The molecule has 0 saturated carbocycles. The zero-order valence-electron chi connectivity index (χ0n) is 11.1. The Kier molecular flexibility index (Phi) is 4.66. The van der Waals surface area contributed by atoms with Crippen molar-refractivity contribution in [3.63, 3.8) is 0 Å². The molecule has 2 aliphatic heterocycles. The standard InChI is InChI=1S/C14H28N2/c1-13-7-3-5-9-15(13)11-12-16-10-6-4-8-14(16)2/h13-14H,3-12H2,1-2H3/t13-,14+. The summed E-state index contributed by atoms with van der Waals surface area (Å²) in [4.78, 5) is 5.40. The van der Waals surface area contributed by atoms with Crippen LogP contribution in [-0.4, -0.2) is 48.1 Å². The molecule has 0 N–H and O–H groups in total. The quantitative estimate of drug-likeness (QED) is 0.727. The molecule has 0 radical (unpaired) electrons. The van der Waals surface area contributed by atoms with Crippen LogP contribution in [0.3, 0.4) is 0 Å². The Bertz CT molecular complexity index is 183. The van der Waals surface area contributed by atoms with Crippen LogP contribution in [0.15, 0.2) is 0 Å². The fourth-order valence-corrected chi connectivity index (χ4v) is 3.24. The van der Waals surface area contributed by atoms with Crippen molar-refractivity contribution in [3.8, 4) is 0 Å². The van der Waals surface area contributed by atoms with E-state index in [1.165, 1.54) is 64.7 Å². The van der Waals surface area contributed by atoms with E-state index in [1.54, 1.807) is 0 Å². The topological polar surface area (TPSA) is 6.48 Å². The molecule has 2 atom stereocenters. The van der Waals surface area contributed by atoms with Crippen LogP contribution in [0.1, 0.15) is 52.4 Å². The van der Waals surface area contributed by atoms with Gasteiger partial charge in [0.05, 0.1) is 0 Å². The second kappa shape index (κ2) is 6.02. The van der Waals surface area contributed by atoms with Crippen molar-refractivity contribution in [1.82, 2.24) is 9.80 Å². The number of nitrogens with zero attached hydrogens (tertiary/aromatic N) is 2. The SMILES string of the molecule is C[C@@H]1CCCCN1CCN1CCCC[C@@H]1C. The van der Waals surface area contributed by atoms with Crippen LogP contribution in [0, 0.1) is 0 Å². The van der Waals surface area contributed by atoms with Crippen molar-refractivity contribution in [3.05, 3.63) is 0 Å². The molecule has 0 aliphatic carbocycles. The summed E-state index contributed by atoms with van der Waals surface area (Å²) in [6.07, 6.45) is 8.54. The van der Waals surface area contributed by atoms with Gasteiger partial charge in [0.2, 0.25) is 0 Å². The lowest BCUT2D eigenvalue weighted by Gasteiger charge is -2.38. The monoisotopic (exact) mass is 224 g/mol. The average Bonchev–Trinajstić information content (AvgIpc) is 2.30. The first-order valence-electron chi connectivity index (χ1n) is 7.25. The highest BCUT2D eigenvalue weighted by Crippen LogP contribution is 2.18. The normalized spacial score (nSPS) is 34.1. The van der Waals surface area contributed by atoms with Gasteiger partial charge >= 0.3 is 0 Å². The minimum atomic E-state index is 0.828. The molecule has 0 aromatic rings. The molecule has 0 amide bonds. The number of hydrogen-bond acceptors (Lipinski definition) is 2. The van der Waals surface area contributed by atoms with E-state index in [0.29, 0.717) is 0 Å². The smallest absolute Gasteiger partial charge is 0.0112 e. The van der Waals surface area contributed by atoms with Gasteiger partial charge in [0, 0.05) is 25.2 Å². The van der Waals surface area contributed by atoms with Crippen LogP contribution in [-0.2, 0) is 0 Å². The predicted octanol–water partition coefficient (Wildman–Crippen LogP) is 2.74. The van der Waals surface area contributed by atoms with E-state index in [1.807, 2.05) is 0 Å². The molecule has 0 spiro atoms. The van der Waals surface area contributed by atoms with Crippen LogP contribution in [0.5, 0.6) is 0 Å². The Morgan fingerprint density at radius 2 is 1.19 bits per heavy atom. The van der Waals surface area contributed by atoms with Gasteiger partial charge < -0.3 is 0 Å². The van der Waals surface area contributed by atoms with E-state index in [0.717, 1.165) is 12.1 Å². The van der Waals surface area contributed by atoms with Gasteiger partial charge in [0.15, 0.2) is 0 Å². The molecule has 2 heteroatoms. The minimum Gasteiger partial charge on any atom is -0.299 e. The van der Waals surface area contributed by atoms with Crippen LogP contribution >= 0.6 is 0 Å². The first-order valence-corrected chi connectivity index (χ1v) is 7.25. The Labute approximate surface area is 101 Å². The lowest BCUT2D eigenvalue weighted by atomic mass is 10.0. The van der Waals surface area contributed by atoms with Crippen molar-refractivity contribution in [1.29, 1.82) is 0 Å². The van der Waals surface area contributed by atoms with Crippen LogP contribution in [0.4, 0.5) is 0 Å². The van der Waals surface area contributed by atoms with Crippen LogP contribution < -0.4 is 0 Å². The summed E-state index contributed by atoms with van der Waals surface area (Å²) in [5, 5.41) is 0. The fraction of sp³-hybridized carbons (Fsp3) is 1.00. The molecule has 2 nitrogen and oxygen atoms in total. The molecule has 0 unspecified atom stereocenters. The minimum absolute atomic E-state index is 0.828. The van der Waals surface area contributed by atoms with E-state index >= 15 is 0 Å². The summed E-state index contributed by atoms with van der Waals surface area (Å²) in [5.41, 5.74) is 0. The second-order valence-electron chi connectivity index (χ2n) is 5.76. The lowest BCUT2D eigenvalue weighted by molar-refractivity contribution is 0.104. The summed E-state index contributed by atoms with van der Waals surface area (Å²) >= 11 is 0. The van der Waals surface area contributed by atoms with Gasteiger partial charge in [-0.25, -0.2) is 0 Å². The third-order valence-electron chi connectivity index (χ3n) is 4.56. The molecule has 0 aromatic heterocycles. The van der Waals surface area contributed by atoms with E-state index in [-0.39, 0.29) is 0 Å². The molecular formula is C14H28N2. The largest absolute Gasteiger partial charge is 0.299 e. The molecule has 0 aromatic carbocycles. The van der Waals surface area contributed by atoms with Crippen molar-refractivity contribution in [2.75, 3.05) is 26.2 Å². The number of hydrogen-bond donors (Lipinski definition) is 0. The molecule has 94 valence electrons. The summed E-state index contributed by atoms with van der Waals surface area (Å²) in [6, 6.07) is 1.66. The molecule has 16 heavy (non-hydrogen) atoms. The van der Waals surface area contributed by atoms with Gasteiger partial charge in [-0.15, -0.1) is 0 Å². The zero-order chi connectivity index (χ0) is 11.4. The van der Waals surface area contributed by atoms with Crippen molar-refractivity contribution in [2.45, 2.75) is 64.5 Å². The van der Waals surface area contributed by atoms with E-state index in [2.05, 4.69) is 23.6 Å². The Hall–Kier alpha value is -0.0800. The molecular weight excluding hydrogens is 196 g/mol. The van der Waals surface area contributed by atoms with Crippen LogP contribution in [0.25, 0.3) is 0 Å². The molecule has 2 saturated heterocycles. The number of piperidine rings is 2. The average molecular weight is 224 g/mol. The maximum Gasteiger partial charge on any atom is 0.0112 e. The maximum absolute atomic E-state index is 2.70. The Morgan fingerprint density at radius 1 is 0.750 bits per heavy atom. The Balaban J connectivity index is 1.72. The van der Waals surface area contributed by atoms with Gasteiger partial charge in [0.1, 0.15) is 0 Å². The lowest BCUT2D eigenvalue weighted by Crippen LogP contribution is -2.46. The fourth-order valence-electron chi connectivity index (χ4n) is 3.24. The Morgan fingerprint density at radius 3 is 1.56 bits per heavy atom. The van der Waals surface area contributed by atoms with Crippen molar-refractivity contribution < 1.29 is 0 Å².